The molecule has 4 aliphatic rings. The van der Waals surface area contributed by atoms with Crippen LogP contribution in [0.1, 0.15) is 46.0 Å². The summed E-state index contributed by atoms with van der Waals surface area (Å²) >= 11 is 0. The number of rotatable bonds is 4. The molecule has 0 aromatic heterocycles. The molecule has 0 aromatic carbocycles. The Balaban J connectivity index is 1.67. The van der Waals surface area contributed by atoms with Crippen LogP contribution in [0.2, 0.25) is 0 Å². The van der Waals surface area contributed by atoms with Gasteiger partial charge in [0.05, 0.1) is 6.26 Å². The highest BCUT2D eigenvalue weighted by molar-refractivity contribution is 7.86. The van der Waals surface area contributed by atoms with Gasteiger partial charge in [0.1, 0.15) is 18.0 Å². The molecule has 0 aliphatic heterocycles. The van der Waals surface area contributed by atoms with E-state index in [1.54, 1.807) is 13.0 Å². The van der Waals surface area contributed by atoms with E-state index in [9.17, 15) is 27.9 Å². The third kappa shape index (κ3) is 2.99. The van der Waals surface area contributed by atoms with Gasteiger partial charge in [0.25, 0.3) is 10.1 Å². The summed E-state index contributed by atoms with van der Waals surface area (Å²) in [6.07, 6.45) is 8.14. The van der Waals surface area contributed by atoms with Gasteiger partial charge in [0, 0.05) is 23.2 Å². The Labute approximate surface area is 176 Å². The number of ketones is 3. The molecule has 0 heterocycles. The average Bonchev–Trinajstić information content (AvgIpc) is 2.91. The average molecular weight is 437 g/mol. The number of fused-ring (bicyclic) bond motifs is 5. The van der Waals surface area contributed by atoms with Gasteiger partial charge in [-0.25, -0.2) is 0 Å². The summed E-state index contributed by atoms with van der Waals surface area (Å²) in [6.45, 7) is 3.06. The van der Waals surface area contributed by atoms with Crippen molar-refractivity contribution >= 4 is 27.5 Å². The fraction of sp³-hybridized carbons (Fsp3) is 0.682. The molecule has 4 rings (SSSR count). The van der Waals surface area contributed by atoms with E-state index < -0.39 is 38.9 Å². The van der Waals surface area contributed by atoms with Crippen molar-refractivity contribution in [1.29, 1.82) is 0 Å². The monoisotopic (exact) mass is 436 g/mol. The SMILES string of the molecule is C[C@]12C=CC(=O)C=C1CC[C@@H]1[C@@H]2C(=O)C[C@@]2(C)[C@H]1CC[C@]2(O)C(=O)COS(C)(=O)=O. The van der Waals surface area contributed by atoms with Crippen molar-refractivity contribution in [2.75, 3.05) is 12.9 Å². The zero-order valence-electron chi connectivity index (χ0n) is 17.5. The van der Waals surface area contributed by atoms with Crippen LogP contribution in [0.25, 0.3) is 0 Å². The van der Waals surface area contributed by atoms with E-state index in [4.69, 9.17) is 0 Å². The Kier molecular flexibility index (Phi) is 4.80. The van der Waals surface area contributed by atoms with Crippen molar-refractivity contribution in [2.45, 2.75) is 51.6 Å². The van der Waals surface area contributed by atoms with Gasteiger partial charge in [0.15, 0.2) is 11.6 Å². The molecular weight excluding hydrogens is 408 g/mol. The lowest BCUT2D eigenvalue weighted by molar-refractivity contribution is -0.168. The van der Waals surface area contributed by atoms with E-state index in [-0.39, 0.29) is 42.2 Å². The van der Waals surface area contributed by atoms with E-state index in [2.05, 4.69) is 4.18 Å². The lowest BCUT2D eigenvalue weighted by Gasteiger charge is -2.56. The molecule has 0 radical (unpaired) electrons. The van der Waals surface area contributed by atoms with Gasteiger partial charge >= 0.3 is 0 Å². The summed E-state index contributed by atoms with van der Waals surface area (Å²) in [7, 11) is -3.82. The normalized spacial score (nSPS) is 42.9. The van der Waals surface area contributed by atoms with Gasteiger partial charge in [0.2, 0.25) is 0 Å². The van der Waals surface area contributed by atoms with Crippen molar-refractivity contribution in [3.05, 3.63) is 23.8 Å². The minimum atomic E-state index is -3.82. The summed E-state index contributed by atoms with van der Waals surface area (Å²) in [6, 6.07) is 0. The molecular formula is C22H28O7S. The molecule has 3 saturated carbocycles. The van der Waals surface area contributed by atoms with Crippen molar-refractivity contribution in [2.24, 2.45) is 28.6 Å². The van der Waals surface area contributed by atoms with E-state index in [1.165, 1.54) is 6.08 Å². The minimum Gasteiger partial charge on any atom is -0.381 e. The predicted molar refractivity (Wildman–Crippen MR) is 108 cm³/mol. The number of aliphatic hydroxyl groups is 1. The largest absolute Gasteiger partial charge is 0.381 e. The van der Waals surface area contributed by atoms with Gasteiger partial charge in [-0.2, -0.15) is 8.42 Å². The lowest BCUT2D eigenvalue weighted by Crippen LogP contribution is -2.60. The zero-order valence-corrected chi connectivity index (χ0v) is 18.3. The van der Waals surface area contributed by atoms with E-state index >= 15 is 0 Å². The highest BCUT2D eigenvalue weighted by Gasteiger charge is 2.68. The number of Topliss-reactive ketones (excluding diaryl/α,β-unsaturated/α-hetero) is 2. The smallest absolute Gasteiger partial charge is 0.264 e. The maximum atomic E-state index is 13.4. The Morgan fingerprint density at radius 3 is 2.63 bits per heavy atom. The van der Waals surface area contributed by atoms with Crippen LogP contribution in [-0.2, 0) is 28.7 Å². The Bertz CT molecular complexity index is 993. The summed E-state index contributed by atoms with van der Waals surface area (Å²) in [5, 5.41) is 11.4. The summed E-state index contributed by atoms with van der Waals surface area (Å²) in [5.41, 5.74) is -2.29. The molecule has 30 heavy (non-hydrogen) atoms. The fourth-order valence-electron chi connectivity index (χ4n) is 6.77. The number of hydrogen-bond donors (Lipinski definition) is 1. The predicted octanol–water partition coefficient (Wildman–Crippen LogP) is 1.75. The fourth-order valence-corrected chi connectivity index (χ4v) is 7.09. The van der Waals surface area contributed by atoms with Gasteiger partial charge < -0.3 is 5.11 Å². The van der Waals surface area contributed by atoms with Crippen molar-refractivity contribution in [3.8, 4) is 0 Å². The highest BCUT2D eigenvalue weighted by atomic mass is 32.2. The van der Waals surface area contributed by atoms with Crippen LogP contribution in [-0.4, -0.2) is 49.3 Å². The highest BCUT2D eigenvalue weighted by Crippen LogP contribution is 2.66. The molecule has 0 bridgehead atoms. The molecule has 8 heteroatoms. The second-order valence-corrected chi connectivity index (χ2v) is 11.5. The third-order valence-corrected chi connectivity index (χ3v) is 8.82. The van der Waals surface area contributed by atoms with Gasteiger partial charge in [-0.1, -0.05) is 25.5 Å². The summed E-state index contributed by atoms with van der Waals surface area (Å²) in [5.74, 6) is -1.09. The first-order valence-electron chi connectivity index (χ1n) is 10.4. The molecule has 0 unspecified atom stereocenters. The van der Waals surface area contributed by atoms with E-state index in [0.29, 0.717) is 12.8 Å². The Hall–Kier alpha value is -1.64. The van der Waals surface area contributed by atoms with Gasteiger partial charge in [-0.15, -0.1) is 0 Å². The molecule has 6 atom stereocenters. The molecule has 0 spiro atoms. The first-order valence-corrected chi connectivity index (χ1v) is 12.2. The Morgan fingerprint density at radius 2 is 1.97 bits per heavy atom. The second kappa shape index (κ2) is 6.68. The molecule has 1 N–H and O–H groups in total. The Morgan fingerprint density at radius 1 is 1.27 bits per heavy atom. The van der Waals surface area contributed by atoms with Crippen LogP contribution in [0.3, 0.4) is 0 Å². The van der Waals surface area contributed by atoms with Gasteiger partial charge in [-0.3, -0.25) is 18.6 Å². The summed E-state index contributed by atoms with van der Waals surface area (Å²) < 4.78 is 27.3. The molecule has 0 saturated heterocycles. The maximum absolute atomic E-state index is 13.4. The molecule has 0 aromatic rings. The van der Waals surface area contributed by atoms with Crippen LogP contribution >= 0.6 is 0 Å². The summed E-state index contributed by atoms with van der Waals surface area (Å²) in [4.78, 5) is 38.2. The molecule has 0 amide bonds. The van der Waals surface area contributed by atoms with E-state index in [1.807, 2.05) is 13.0 Å². The van der Waals surface area contributed by atoms with Crippen LogP contribution in [0.15, 0.2) is 23.8 Å². The lowest BCUT2D eigenvalue weighted by atomic mass is 9.46. The van der Waals surface area contributed by atoms with E-state index in [0.717, 1.165) is 18.2 Å². The van der Waals surface area contributed by atoms with Crippen LogP contribution in [0.5, 0.6) is 0 Å². The molecule has 4 aliphatic carbocycles. The van der Waals surface area contributed by atoms with Crippen LogP contribution < -0.4 is 0 Å². The maximum Gasteiger partial charge on any atom is 0.264 e. The first-order chi connectivity index (χ1) is 13.8. The quantitative estimate of drug-likeness (QED) is 0.668. The topological polar surface area (TPSA) is 115 Å². The number of carbonyl (C=O) groups is 3. The van der Waals surface area contributed by atoms with Crippen molar-refractivity contribution in [1.82, 2.24) is 0 Å². The molecule has 3 fully saturated rings. The number of carbonyl (C=O) groups excluding carboxylic acids is 3. The molecule has 7 nitrogen and oxygen atoms in total. The first kappa shape index (κ1) is 21.6. The standard InChI is InChI=1S/C22H28O7S/c1-20-8-6-14(23)10-13(20)4-5-15-16-7-9-22(26,18(25)12-29-30(3,27)28)21(16,2)11-17(24)19(15)20/h6,8,10,15-16,19,26H,4-5,7,9,11-12H2,1-3H3/t15-,16-,19+,20-,21-,22-/m0/s1. The van der Waals surface area contributed by atoms with Gasteiger partial charge in [-0.05, 0) is 49.7 Å². The minimum absolute atomic E-state index is 0.00565. The number of allylic oxidation sites excluding steroid dienone is 4. The van der Waals surface area contributed by atoms with Crippen molar-refractivity contribution in [3.63, 3.8) is 0 Å². The van der Waals surface area contributed by atoms with Crippen molar-refractivity contribution < 1.29 is 32.1 Å². The molecule has 164 valence electrons. The zero-order chi connectivity index (χ0) is 22.1. The number of hydrogen-bond acceptors (Lipinski definition) is 7. The third-order valence-electron chi connectivity index (χ3n) is 8.27. The second-order valence-electron chi connectivity index (χ2n) is 9.82. The van der Waals surface area contributed by atoms with Crippen LogP contribution in [0, 0.1) is 28.6 Å². The van der Waals surface area contributed by atoms with Crippen LogP contribution in [0.4, 0.5) is 0 Å².